The van der Waals surface area contributed by atoms with Gasteiger partial charge < -0.3 is 20.8 Å². The van der Waals surface area contributed by atoms with E-state index in [0.717, 1.165) is 10.6 Å². The first-order valence-corrected chi connectivity index (χ1v) is 7.25. The maximum absolute atomic E-state index is 12.4. The molecule has 2 aromatic rings. The largest absolute Gasteiger partial charge is 0.497 e. The minimum Gasteiger partial charge on any atom is -0.497 e. The quantitative estimate of drug-likeness (QED) is 0.718. The van der Waals surface area contributed by atoms with E-state index < -0.39 is 5.91 Å². The molecule has 24 heavy (non-hydrogen) atoms. The van der Waals surface area contributed by atoms with Crippen LogP contribution in [0, 0.1) is 0 Å². The van der Waals surface area contributed by atoms with Gasteiger partial charge in [-0.05, 0) is 37.3 Å². The highest BCUT2D eigenvalue weighted by Crippen LogP contribution is 2.11. The first kappa shape index (κ1) is 17.1. The molecule has 0 atom stereocenters. The number of carbonyl (C=O) groups excluding carboxylic acids is 2. The van der Waals surface area contributed by atoms with Crippen molar-refractivity contribution in [2.45, 2.75) is 6.92 Å². The van der Waals surface area contributed by atoms with E-state index in [2.05, 4.69) is 16.9 Å². The third kappa shape index (κ3) is 3.92. The van der Waals surface area contributed by atoms with Gasteiger partial charge in [-0.3, -0.25) is 9.59 Å². The monoisotopic (exact) mass is 325 g/mol. The number of hydrogen-bond acceptors (Lipinski definition) is 3. The van der Waals surface area contributed by atoms with Gasteiger partial charge in [-0.25, -0.2) is 0 Å². The van der Waals surface area contributed by atoms with Crippen LogP contribution in [0.1, 0.15) is 27.8 Å². The Bertz CT molecular complexity index is 910. The molecule has 124 valence electrons. The molecule has 6 nitrogen and oxygen atoms in total. The second-order valence-electron chi connectivity index (χ2n) is 5.05. The number of carbonyl (C=O) groups is 2. The predicted octanol–water partition coefficient (Wildman–Crippen LogP) is 1.11. The van der Waals surface area contributed by atoms with Crippen molar-refractivity contribution in [1.82, 2.24) is 4.98 Å². The fourth-order valence-corrected chi connectivity index (χ4v) is 2.15. The van der Waals surface area contributed by atoms with E-state index in [1.165, 1.54) is 13.2 Å². The summed E-state index contributed by atoms with van der Waals surface area (Å²) in [7, 11) is 1.53. The van der Waals surface area contributed by atoms with Crippen molar-refractivity contribution < 1.29 is 14.3 Å². The molecule has 0 bridgehead atoms. The first-order valence-electron chi connectivity index (χ1n) is 7.25. The number of aromatic amines is 1. The van der Waals surface area contributed by atoms with Gasteiger partial charge in [0.25, 0.3) is 5.91 Å². The lowest BCUT2D eigenvalue weighted by atomic mass is 10.2. The van der Waals surface area contributed by atoms with Crippen LogP contribution in [0.3, 0.4) is 0 Å². The molecule has 0 aliphatic rings. The Morgan fingerprint density at radius 3 is 2.71 bits per heavy atom. The summed E-state index contributed by atoms with van der Waals surface area (Å²) in [6, 6.07) is 8.14. The van der Waals surface area contributed by atoms with Gasteiger partial charge in [-0.1, -0.05) is 18.7 Å². The van der Waals surface area contributed by atoms with Gasteiger partial charge in [0.2, 0.25) is 5.91 Å². The van der Waals surface area contributed by atoms with Crippen LogP contribution >= 0.6 is 0 Å². The smallest absolute Gasteiger partial charge is 0.272 e. The maximum Gasteiger partial charge on any atom is 0.272 e. The number of amides is 2. The van der Waals surface area contributed by atoms with Gasteiger partial charge in [-0.15, -0.1) is 0 Å². The number of H-pyrrole nitrogens is 1. The summed E-state index contributed by atoms with van der Waals surface area (Å²) in [6.45, 7) is 5.60. The highest BCUT2D eigenvalue weighted by molar-refractivity contribution is 6.04. The standard InChI is InChI=1S/C18H19N3O3/c1-4-15-13(8-11(2)24-3)10-16(21-15)18(23)20-14-7-5-6-12(9-14)17(19)22/h4-10,21H,2H2,1,3H3,(H2,19,22)(H,20,23)/b13-8-,15-4+. The third-order valence-electron chi connectivity index (χ3n) is 3.40. The molecule has 1 aromatic heterocycles. The zero-order valence-electron chi connectivity index (χ0n) is 13.6. The molecule has 0 fully saturated rings. The maximum atomic E-state index is 12.4. The Balaban J connectivity index is 2.31. The van der Waals surface area contributed by atoms with Crippen molar-refractivity contribution in [2.75, 3.05) is 12.4 Å². The zero-order valence-corrected chi connectivity index (χ0v) is 13.6. The predicted molar refractivity (Wildman–Crippen MR) is 93.7 cm³/mol. The fourth-order valence-electron chi connectivity index (χ4n) is 2.15. The number of ether oxygens (including phenoxy) is 1. The van der Waals surface area contributed by atoms with E-state index in [1.807, 2.05) is 13.0 Å². The minimum atomic E-state index is -0.552. The Morgan fingerprint density at radius 1 is 1.33 bits per heavy atom. The molecule has 2 amide bonds. The van der Waals surface area contributed by atoms with E-state index in [4.69, 9.17) is 10.5 Å². The number of nitrogens with two attached hydrogens (primary N) is 1. The van der Waals surface area contributed by atoms with Gasteiger partial charge >= 0.3 is 0 Å². The van der Waals surface area contributed by atoms with Gasteiger partial charge in [0, 0.05) is 21.8 Å². The number of aromatic nitrogens is 1. The zero-order chi connectivity index (χ0) is 17.7. The van der Waals surface area contributed by atoms with E-state index in [1.54, 1.807) is 30.3 Å². The van der Waals surface area contributed by atoms with Crippen LogP contribution in [-0.2, 0) is 4.74 Å². The fraction of sp³-hybridized carbons (Fsp3) is 0.111. The van der Waals surface area contributed by atoms with Crippen molar-refractivity contribution in [3.63, 3.8) is 0 Å². The third-order valence-corrected chi connectivity index (χ3v) is 3.40. The summed E-state index contributed by atoms with van der Waals surface area (Å²) < 4.78 is 5.03. The van der Waals surface area contributed by atoms with Crippen molar-refractivity contribution in [3.05, 3.63) is 64.5 Å². The Labute approximate surface area is 139 Å². The lowest BCUT2D eigenvalue weighted by Crippen LogP contribution is -2.22. The summed E-state index contributed by atoms with van der Waals surface area (Å²) in [5.74, 6) is -0.399. The Kier molecular flexibility index (Phi) is 5.21. The summed E-state index contributed by atoms with van der Waals surface area (Å²) in [5.41, 5.74) is 6.43. The average molecular weight is 325 g/mol. The van der Waals surface area contributed by atoms with Gasteiger partial charge in [0.15, 0.2) is 0 Å². The number of allylic oxidation sites excluding steroid dienone is 1. The van der Waals surface area contributed by atoms with E-state index in [9.17, 15) is 9.59 Å². The number of benzene rings is 1. The van der Waals surface area contributed by atoms with Crippen LogP contribution in [0.15, 0.2) is 42.7 Å². The molecule has 0 aliphatic carbocycles. The molecular formula is C18H19N3O3. The molecule has 1 heterocycles. The van der Waals surface area contributed by atoms with Gasteiger partial charge in [0.1, 0.15) is 11.5 Å². The van der Waals surface area contributed by atoms with Crippen molar-refractivity contribution >= 4 is 29.7 Å². The molecule has 0 unspecified atom stereocenters. The first-order chi connectivity index (χ1) is 11.4. The van der Waals surface area contributed by atoms with Crippen LogP contribution in [0.4, 0.5) is 5.69 Å². The van der Waals surface area contributed by atoms with E-state index in [-0.39, 0.29) is 5.91 Å². The molecule has 0 saturated carbocycles. The normalized spacial score (nSPS) is 12.1. The van der Waals surface area contributed by atoms with Crippen LogP contribution in [-0.4, -0.2) is 23.9 Å². The van der Waals surface area contributed by atoms with Crippen LogP contribution in [0.25, 0.3) is 12.2 Å². The number of hydrogen-bond donors (Lipinski definition) is 3. The Hall–Kier alpha value is -3.28. The number of rotatable bonds is 5. The lowest BCUT2D eigenvalue weighted by Gasteiger charge is -2.04. The molecular weight excluding hydrogens is 306 g/mol. The van der Waals surface area contributed by atoms with Crippen molar-refractivity contribution in [2.24, 2.45) is 5.73 Å². The number of methoxy groups -OCH3 is 1. The van der Waals surface area contributed by atoms with Gasteiger partial charge in [-0.2, -0.15) is 0 Å². The summed E-state index contributed by atoms with van der Waals surface area (Å²) in [6.07, 6.45) is 3.58. The highest BCUT2D eigenvalue weighted by Gasteiger charge is 2.09. The number of anilines is 1. The molecule has 6 heteroatoms. The molecule has 0 radical (unpaired) electrons. The average Bonchev–Trinajstić information content (AvgIpc) is 2.97. The number of primary amides is 1. The second-order valence-corrected chi connectivity index (χ2v) is 5.05. The van der Waals surface area contributed by atoms with Crippen LogP contribution in [0.5, 0.6) is 0 Å². The molecule has 0 spiro atoms. The molecule has 0 saturated heterocycles. The van der Waals surface area contributed by atoms with Gasteiger partial charge in [0.05, 0.1) is 7.11 Å². The summed E-state index contributed by atoms with van der Waals surface area (Å²) in [5, 5.41) is 4.30. The van der Waals surface area contributed by atoms with E-state index >= 15 is 0 Å². The molecule has 0 aliphatic heterocycles. The summed E-state index contributed by atoms with van der Waals surface area (Å²) >= 11 is 0. The number of nitrogens with one attached hydrogen (secondary N) is 2. The molecule has 4 N–H and O–H groups in total. The topological polar surface area (TPSA) is 97.2 Å². The summed E-state index contributed by atoms with van der Waals surface area (Å²) in [4.78, 5) is 26.6. The van der Waals surface area contributed by atoms with Crippen molar-refractivity contribution in [1.29, 1.82) is 0 Å². The Morgan fingerprint density at radius 2 is 2.08 bits per heavy atom. The lowest BCUT2D eigenvalue weighted by molar-refractivity contribution is 0.0995. The molecule has 1 aromatic carbocycles. The second kappa shape index (κ2) is 7.32. The van der Waals surface area contributed by atoms with Crippen LogP contribution in [0.2, 0.25) is 0 Å². The minimum absolute atomic E-state index is 0.326. The van der Waals surface area contributed by atoms with E-state index in [0.29, 0.717) is 22.7 Å². The van der Waals surface area contributed by atoms with Crippen LogP contribution < -0.4 is 21.6 Å². The SMILES string of the molecule is C=C(/C=c1/cc(C(=O)Nc2cccc(C(N)=O)c2)[nH]/c1=C/C)OC. The highest BCUT2D eigenvalue weighted by atomic mass is 16.5. The van der Waals surface area contributed by atoms with Crippen molar-refractivity contribution in [3.8, 4) is 0 Å². The molecule has 2 rings (SSSR count).